The molecule has 0 unspecified atom stereocenters. The molecule has 0 saturated heterocycles. The lowest BCUT2D eigenvalue weighted by atomic mass is 9.98. The molecule has 0 fully saturated rings. The SMILES string of the molecule is COc1ccccc1CC(=O)Nc1nc(-c2c(C)cc(C)cc2C)cs1. The van der Waals surface area contributed by atoms with Crippen LogP contribution in [0.25, 0.3) is 11.3 Å². The predicted molar refractivity (Wildman–Crippen MR) is 107 cm³/mol. The Morgan fingerprint density at radius 3 is 2.54 bits per heavy atom. The maximum absolute atomic E-state index is 12.4. The Hall–Kier alpha value is -2.66. The summed E-state index contributed by atoms with van der Waals surface area (Å²) < 4.78 is 5.30. The molecule has 1 aromatic heterocycles. The Balaban J connectivity index is 1.76. The number of para-hydroxylation sites is 1. The van der Waals surface area contributed by atoms with Gasteiger partial charge < -0.3 is 10.1 Å². The molecule has 0 saturated carbocycles. The average Bonchev–Trinajstić information content (AvgIpc) is 3.02. The van der Waals surface area contributed by atoms with Crippen molar-refractivity contribution in [2.45, 2.75) is 27.2 Å². The number of carbonyl (C=O) groups excluding carboxylic acids is 1. The first-order valence-corrected chi connectivity index (χ1v) is 9.31. The van der Waals surface area contributed by atoms with Crippen LogP contribution in [0.4, 0.5) is 5.13 Å². The third-order valence-electron chi connectivity index (χ3n) is 4.23. The van der Waals surface area contributed by atoms with Crippen molar-refractivity contribution in [1.82, 2.24) is 4.98 Å². The Kier molecular flexibility index (Phi) is 5.38. The number of methoxy groups -OCH3 is 1. The normalized spacial score (nSPS) is 10.6. The van der Waals surface area contributed by atoms with E-state index in [1.54, 1.807) is 7.11 Å². The minimum absolute atomic E-state index is 0.104. The number of ether oxygens (including phenoxy) is 1. The smallest absolute Gasteiger partial charge is 0.230 e. The molecule has 0 spiro atoms. The number of nitrogens with one attached hydrogen (secondary N) is 1. The zero-order valence-electron chi connectivity index (χ0n) is 15.4. The third-order valence-corrected chi connectivity index (χ3v) is 4.98. The number of anilines is 1. The molecule has 0 radical (unpaired) electrons. The molecule has 2 aromatic carbocycles. The van der Waals surface area contributed by atoms with Crippen LogP contribution >= 0.6 is 11.3 Å². The van der Waals surface area contributed by atoms with Crippen LogP contribution in [0, 0.1) is 20.8 Å². The fraction of sp³-hybridized carbons (Fsp3) is 0.238. The number of aromatic nitrogens is 1. The monoisotopic (exact) mass is 366 g/mol. The van der Waals surface area contributed by atoms with Crippen molar-refractivity contribution < 1.29 is 9.53 Å². The van der Waals surface area contributed by atoms with Crippen LogP contribution in [0.15, 0.2) is 41.8 Å². The summed E-state index contributed by atoms with van der Waals surface area (Å²) in [7, 11) is 1.61. The van der Waals surface area contributed by atoms with Gasteiger partial charge in [0.15, 0.2) is 5.13 Å². The van der Waals surface area contributed by atoms with Gasteiger partial charge in [-0.15, -0.1) is 11.3 Å². The minimum Gasteiger partial charge on any atom is -0.496 e. The van der Waals surface area contributed by atoms with Crippen molar-refractivity contribution in [3.8, 4) is 17.0 Å². The Morgan fingerprint density at radius 1 is 1.15 bits per heavy atom. The Morgan fingerprint density at radius 2 is 1.85 bits per heavy atom. The van der Waals surface area contributed by atoms with Gasteiger partial charge in [-0.2, -0.15) is 0 Å². The molecule has 0 aliphatic heterocycles. The standard InChI is InChI=1S/C21H22N2O2S/c1-13-9-14(2)20(15(3)10-13)17-12-26-21(22-17)23-19(24)11-16-7-5-6-8-18(16)25-4/h5-10,12H,11H2,1-4H3,(H,22,23,24). The average molecular weight is 366 g/mol. The Labute approximate surface area is 157 Å². The third kappa shape index (κ3) is 3.94. The molecule has 0 atom stereocenters. The van der Waals surface area contributed by atoms with Crippen molar-refractivity contribution >= 4 is 22.4 Å². The highest BCUT2D eigenvalue weighted by atomic mass is 32.1. The van der Waals surface area contributed by atoms with Gasteiger partial charge in [0.2, 0.25) is 5.91 Å². The zero-order valence-corrected chi connectivity index (χ0v) is 16.2. The van der Waals surface area contributed by atoms with E-state index >= 15 is 0 Å². The summed E-state index contributed by atoms with van der Waals surface area (Å²) >= 11 is 1.44. The van der Waals surface area contributed by atoms with Gasteiger partial charge in [-0.3, -0.25) is 4.79 Å². The second-order valence-electron chi connectivity index (χ2n) is 6.35. The van der Waals surface area contributed by atoms with Crippen molar-refractivity contribution in [3.63, 3.8) is 0 Å². The molecule has 1 amide bonds. The summed E-state index contributed by atoms with van der Waals surface area (Å²) in [4.78, 5) is 17.0. The lowest BCUT2D eigenvalue weighted by Gasteiger charge is -2.09. The molecule has 1 N–H and O–H groups in total. The first-order chi connectivity index (χ1) is 12.5. The van der Waals surface area contributed by atoms with Gasteiger partial charge in [0.05, 0.1) is 19.2 Å². The summed E-state index contributed by atoms with van der Waals surface area (Å²) in [5.41, 5.74) is 6.52. The minimum atomic E-state index is -0.104. The first-order valence-electron chi connectivity index (χ1n) is 8.43. The molecule has 0 aliphatic carbocycles. The molecule has 0 aliphatic rings. The largest absolute Gasteiger partial charge is 0.496 e. The molecule has 134 valence electrons. The van der Waals surface area contributed by atoms with E-state index in [0.29, 0.717) is 10.9 Å². The summed E-state index contributed by atoms with van der Waals surface area (Å²) in [6.45, 7) is 6.28. The van der Waals surface area contributed by atoms with E-state index in [2.05, 4.69) is 43.2 Å². The first kappa shape index (κ1) is 18.1. The Bertz CT molecular complexity index is 924. The van der Waals surface area contributed by atoms with Gasteiger partial charge in [0, 0.05) is 16.5 Å². The summed E-state index contributed by atoms with van der Waals surface area (Å²) in [5, 5.41) is 5.49. The number of thiazole rings is 1. The maximum Gasteiger partial charge on any atom is 0.230 e. The van der Waals surface area contributed by atoms with E-state index in [1.807, 2.05) is 29.6 Å². The lowest BCUT2D eigenvalue weighted by molar-refractivity contribution is -0.115. The fourth-order valence-corrected chi connectivity index (χ4v) is 3.93. The van der Waals surface area contributed by atoms with Gasteiger partial charge in [0.1, 0.15) is 5.75 Å². The van der Waals surface area contributed by atoms with Gasteiger partial charge in [-0.05, 0) is 38.0 Å². The quantitative estimate of drug-likeness (QED) is 0.697. The van der Waals surface area contributed by atoms with Crippen LogP contribution in [-0.4, -0.2) is 18.0 Å². The summed E-state index contributed by atoms with van der Waals surface area (Å²) in [5.74, 6) is 0.612. The number of carbonyl (C=O) groups is 1. The molecular weight excluding hydrogens is 344 g/mol. The summed E-state index contributed by atoms with van der Waals surface area (Å²) in [6, 6.07) is 11.8. The second-order valence-corrected chi connectivity index (χ2v) is 7.21. The van der Waals surface area contributed by atoms with E-state index < -0.39 is 0 Å². The van der Waals surface area contributed by atoms with Gasteiger partial charge in [0.25, 0.3) is 0 Å². The number of hydrogen-bond donors (Lipinski definition) is 1. The van der Waals surface area contributed by atoms with Crippen LogP contribution in [0.5, 0.6) is 5.75 Å². The number of rotatable bonds is 5. The molecule has 4 nitrogen and oxygen atoms in total. The number of nitrogens with zero attached hydrogens (tertiary/aromatic N) is 1. The van der Waals surface area contributed by atoms with E-state index in [4.69, 9.17) is 4.74 Å². The van der Waals surface area contributed by atoms with Crippen LogP contribution in [-0.2, 0) is 11.2 Å². The predicted octanol–water partition coefficient (Wildman–Crippen LogP) is 4.93. The van der Waals surface area contributed by atoms with E-state index in [1.165, 1.54) is 28.0 Å². The van der Waals surface area contributed by atoms with Gasteiger partial charge in [-0.25, -0.2) is 4.98 Å². The highest BCUT2D eigenvalue weighted by Crippen LogP contribution is 2.31. The fourth-order valence-electron chi connectivity index (χ4n) is 3.22. The maximum atomic E-state index is 12.4. The van der Waals surface area contributed by atoms with Crippen LogP contribution in [0.2, 0.25) is 0 Å². The van der Waals surface area contributed by atoms with Crippen molar-refractivity contribution in [3.05, 3.63) is 64.0 Å². The van der Waals surface area contributed by atoms with Crippen molar-refractivity contribution in [2.75, 3.05) is 12.4 Å². The molecule has 5 heteroatoms. The highest BCUT2D eigenvalue weighted by Gasteiger charge is 2.13. The molecule has 0 bridgehead atoms. The molecule has 3 aromatic rings. The molecule has 3 rings (SSSR count). The van der Waals surface area contributed by atoms with Crippen LogP contribution in [0.1, 0.15) is 22.3 Å². The van der Waals surface area contributed by atoms with Crippen molar-refractivity contribution in [1.29, 1.82) is 0 Å². The number of benzene rings is 2. The number of aryl methyl sites for hydroxylation is 3. The van der Waals surface area contributed by atoms with E-state index in [9.17, 15) is 4.79 Å². The summed E-state index contributed by atoms with van der Waals surface area (Å²) in [6.07, 6.45) is 0.252. The van der Waals surface area contributed by atoms with Gasteiger partial charge >= 0.3 is 0 Å². The highest BCUT2D eigenvalue weighted by molar-refractivity contribution is 7.14. The van der Waals surface area contributed by atoms with E-state index in [-0.39, 0.29) is 12.3 Å². The van der Waals surface area contributed by atoms with Crippen molar-refractivity contribution in [2.24, 2.45) is 0 Å². The molecular formula is C21H22N2O2S. The topological polar surface area (TPSA) is 51.2 Å². The molecule has 1 heterocycles. The number of amides is 1. The molecule has 26 heavy (non-hydrogen) atoms. The van der Waals surface area contributed by atoms with Crippen LogP contribution in [0.3, 0.4) is 0 Å². The lowest BCUT2D eigenvalue weighted by Crippen LogP contribution is -2.14. The van der Waals surface area contributed by atoms with Gasteiger partial charge in [-0.1, -0.05) is 35.9 Å². The zero-order chi connectivity index (χ0) is 18.7. The van der Waals surface area contributed by atoms with E-state index in [0.717, 1.165) is 16.8 Å². The number of hydrogen-bond acceptors (Lipinski definition) is 4. The van der Waals surface area contributed by atoms with Crippen LogP contribution < -0.4 is 10.1 Å². The second kappa shape index (κ2) is 7.70.